The van der Waals surface area contributed by atoms with Gasteiger partial charge in [-0.2, -0.15) is 0 Å². The Morgan fingerprint density at radius 1 is 1.10 bits per heavy atom. The molecular formula is C15H15N3O2S. The number of para-hydroxylation sites is 2. The fourth-order valence-electron chi connectivity index (χ4n) is 2.08. The molecule has 0 aliphatic rings. The van der Waals surface area contributed by atoms with Gasteiger partial charge in [0, 0.05) is 12.8 Å². The highest BCUT2D eigenvalue weighted by atomic mass is 32.2. The first-order valence-electron chi connectivity index (χ1n) is 6.50. The van der Waals surface area contributed by atoms with E-state index in [1.54, 1.807) is 24.3 Å². The van der Waals surface area contributed by atoms with Crippen molar-refractivity contribution in [2.45, 2.75) is 11.4 Å². The van der Waals surface area contributed by atoms with Gasteiger partial charge in [0.15, 0.2) is 9.84 Å². The number of benzene rings is 2. The Kier molecular flexibility index (Phi) is 3.39. The van der Waals surface area contributed by atoms with Gasteiger partial charge in [-0.15, -0.1) is 0 Å². The molecule has 0 atom stereocenters. The van der Waals surface area contributed by atoms with Crippen LogP contribution in [0, 0.1) is 0 Å². The van der Waals surface area contributed by atoms with E-state index in [0.29, 0.717) is 17.4 Å². The summed E-state index contributed by atoms with van der Waals surface area (Å²) < 4.78 is 22.8. The van der Waals surface area contributed by atoms with Crippen molar-refractivity contribution in [2.75, 3.05) is 11.6 Å². The zero-order valence-corrected chi connectivity index (χ0v) is 12.3. The number of aromatic nitrogens is 2. The molecule has 1 heterocycles. The molecule has 0 amide bonds. The Bertz CT molecular complexity index is 834. The van der Waals surface area contributed by atoms with Gasteiger partial charge in [0.1, 0.15) is 0 Å². The molecule has 2 N–H and O–H groups in total. The first-order valence-corrected chi connectivity index (χ1v) is 8.39. The standard InChI is InChI=1S/C15H15N3O2S/c1-21(19,20)12-8-6-11(7-9-12)10-16-15-17-13-4-2-3-5-14(13)18-15/h2-9H,10H2,1H3,(H2,16,17,18). The lowest BCUT2D eigenvalue weighted by Crippen LogP contribution is -2.02. The topological polar surface area (TPSA) is 74.8 Å². The molecule has 0 spiro atoms. The molecule has 0 saturated carbocycles. The zero-order chi connectivity index (χ0) is 14.9. The van der Waals surface area contributed by atoms with Crippen molar-refractivity contribution in [1.82, 2.24) is 9.97 Å². The number of sulfone groups is 1. The highest BCUT2D eigenvalue weighted by Gasteiger charge is 2.06. The van der Waals surface area contributed by atoms with Crippen LogP contribution < -0.4 is 5.32 Å². The van der Waals surface area contributed by atoms with E-state index in [4.69, 9.17) is 0 Å². The second-order valence-electron chi connectivity index (χ2n) is 4.87. The molecular weight excluding hydrogens is 286 g/mol. The minimum atomic E-state index is -3.14. The molecule has 21 heavy (non-hydrogen) atoms. The van der Waals surface area contributed by atoms with Crippen LogP contribution in [0.1, 0.15) is 5.56 Å². The predicted octanol–water partition coefficient (Wildman–Crippen LogP) is 2.58. The summed E-state index contributed by atoms with van der Waals surface area (Å²) in [6.07, 6.45) is 1.20. The van der Waals surface area contributed by atoms with E-state index in [1.807, 2.05) is 24.3 Å². The number of imidazole rings is 1. The average molecular weight is 301 g/mol. The number of fused-ring (bicyclic) bond motifs is 1. The molecule has 5 nitrogen and oxygen atoms in total. The molecule has 0 aliphatic carbocycles. The smallest absolute Gasteiger partial charge is 0.201 e. The minimum Gasteiger partial charge on any atom is -0.352 e. The Morgan fingerprint density at radius 3 is 2.48 bits per heavy atom. The lowest BCUT2D eigenvalue weighted by Gasteiger charge is -2.04. The van der Waals surface area contributed by atoms with Crippen LogP contribution in [0.4, 0.5) is 5.95 Å². The van der Waals surface area contributed by atoms with Crippen LogP contribution in [-0.4, -0.2) is 24.6 Å². The lowest BCUT2D eigenvalue weighted by atomic mass is 10.2. The summed E-state index contributed by atoms with van der Waals surface area (Å²) in [5.74, 6) is 0.698. The van der Waals surface area contributed by atoms with Gasteiger partial charge < -0.3 is 10.3 Å². The zero-order valence-electron chi connectivity index (χ0n) is 11.5. The molecule has 0 fully saturated rings. The minimum absolute atomic E-state index is 0.329. The summed E-state index contributed by atoms with van der Waals surface area (Å²) in [6, 6.07) is 14.6. The molecule has 0 radical (unpaired) electrons. The highest BCUT2D eigenvalue weighted by molar-refractivity contribution is 7.90. The van der Waals surface area contributed by atoms with Gasteiger partial charge in [-0.25, -0.2) is 13.4 Å². The largest absolute Gasteiger partial charge is 0.352 e. The van der Waals surface area contributed by atoms with E-state index < -0.39 is 9.84 Å². The third-order valence-corrected chi connectivity index (χ3v) is 4.33. The van der Waals surface area contributed by atoms with Gasteiger partial charge in [-0.05, 0) is 29.8 Å². The number of anilines is 1. The maximum atomic E-state index is 11.4. The van der Waals surface area contributed by atoms with Crippen LogP contribution in [-0.2, 0) is 16.4 Å². The van der Waals surface area contributed by atoms with Gasteiger partial charge in [0.2, 0.25) is 5.95 Å². The number of aromatic amines is 1. The summed E-state index contributed by atoms with van der Waals surface area (Å²) in [6.45, 7) is 0.573. The number of nitrogens with zero attached hydrogens (tertiary/aromatic N) is 1. The van der Waals surface area contributed by atoms with Crippen molar-refractivity contribution in [2.24, 2.45) is 0 Å². The van der Waals surface area contributed by atoms with Crippen molar-refractivity contribution < 1.29 is 8.42 Å². The number of hydrogen-bond acceptors (Lipinski definition) is 4. The molecule has 0 unspecified atom stereocenters. The Hall–Kier alpha value is -2.34. The molecule has 1 aromatic heterocycles. The highest BCUT2D eigenvalue weighted by Crippen LogP contribution is 2.15. The molecule has 108 valence electrons. The molecule has 2 aromatic carbocycles. The van der Waals surface area contributed by atoms with Crippen molar-refractivity contribution in [3.8, 4) is 0 Å². The van der Waals surface area contributed by atoms with Crippen LogP contribution in [0.2, 0.25) is 0 Å². The second kappa shape index (κ2) is 5.21. The summed E-state index contributed by atoms with van der Waals surface area (Å²) in [5, 5.41) is 3.19. The van der Waals surface area contributed by atoms with Gasteiger partial charge in [0.25, 0.3) is 0 Å². The fraction of sp³-hybridized carbons (Fsp3) is 0.133. The van der Waals surface area contributed by atoms with Crippen LogP contribution in [0.3, 0.4) is 0 Å². The van der Waals surface area contributed by atoms with Gasteiger partial charge in [-0.3, -0.25) is 0 Å². The summed E-state index contributed by atoms with van der Waals surface area (Å²) in [4.78, 5) is 7.93. The molecule has 0 saturated heterocycles. The van der Waals surface area contributed by atoms with Crippen molar-refractivity contribution >= 4 is 26.8 Å². The normalized spacial score (nSPS) is 11.7. The number of hydrogen-bond donors (Lipinski definition) is 2. The van der Waals surface area contributed by atoms with Crippen LogP contribution >= 0.6 is 0 Å². The van der Waals surface area contributed by atoms with E-state index in [2.05, 4.69) is 15.3 Å². The third kappa shape index (κ3) is 3.05. The third-order valence-electron chi connectivity index (χ3n) is 3.20. The Morgan fingerprint density at radius 2 is 1.81 bits per heavy atom. The predicted molar refractivity (Wildman–Crippen MR) is 83.0 cm³/mol. The number of nitrogens with one attached hydrogen (secondary N) is 2. The lowest BCUT2D eigenvalue weighted by molar-refractivity contribution is 0.602. The Balaban J connectivity index is 1.72. The van der Waals surface area contributed by atoms with Gasteiger partial charge in [0.05, 0.1) is 15.9 Å². The van der Waals surface area contributed by atoms with Gasteiger partial charge in [-0.1, -0.05) is 24.3 Å². The quantitative estimate of drug-likeness (QED) is 0.776. The number of H-pyrrole nitrogens is 1. The monoisotopic (exact) mass is 301 g/mol. The molecule has 0 bridgehead atoms. The molecule has 3 aromatic rings. The molecule has 0 aliphatic heterocycles. The maximum absolute atomic E-state index is 11.4. The van der Waals surface area contributed by atoms with E-state index in [9.17, 15) is 8.42 Å². The fourth-order valence-corrected chi connectivity index (χ4v) is 2.71. The molecule has 6 heteroatoms. The van der Waals surface area contributed by atoms with E-state index in [1.165, 1.54) is 6.26 Å². The van der Waals surface area contributed by atoms with E-state index in [-0.39, 0.29) is 0 Å². The van der Waals surface area contributed by atoms with Gasteiger partial charge >= 0.3 is 0 Å². The first-order chi connectivity index (χ1) is 10.0. The second-order valence-corrected chi connectivity index (χ2v) is 6.89. The van der Waals surface area contributed by atoms with Crippen LogP contribution in [0.25, 0.3) is 11.0 Å². The van der Waals surface area contributed by atoms with Crippen LogP contribution in [0.5, 0.6) is 0 Å². The Labute approximate surface area is 123 Å². The van der Waals surface area contributed by atoms with Crippen molar-refractivity contribution in [3.63, 3.8) is 0 Å². The number of rotatable bonds is 4. The first kappa shape index (κ1) is 13.6. The van der Waals surface area contributed by atoms with Crippen molar-refractivity contribution in [3.05, 3.63) is 54.1 Å². The summed E-state index contributed by atoms with van der Waals surface area (Å²) in [5.41, 5.74) is 2.88. The summed E-state index contributed by atoms with van der Waals surface area (Å²) >= 11 is 0. The molecule has 3 rings (SSSR count). The maximum Gasteiger partial charge on any atom is 0.201 e. The van der Waals surface area contributed by atoms with Crippen molar-refractivity contribution in [1.29, 1.82) is 0 Å². The average Bonchev–Trinajstić information content (AvgIpc) is 2.87. The van der Waals surface area contributed by atoms with E-state index in [0.717, 1.165) is 16.6 Å². The van der Waals surface area contributed by atoms with E-state index >= 15 is 0 Å². The SMILES string of the molecule is CS(=O)(=O)c1ccc(CNc2nc3ccccc3[nH]2)cc1. The van der Waals surface area contributed by atoms with Crippen LogP contribution in [0.15, 0.2) is 53.4 Å². The summed E-state index contributed by atoms with van der Waals surface area (Å²) in [7, 11) is -3.14.